The number of primary amides is 1. The van der Waals surface area contributed by atoms with Crippen LogP contribution in [0.2, 0.25) is 0 Å². The maximum absolute atomic E-state index is 14.9. The molecule has 11 amide bonds. The molecule has 0 unspecified atom stereocenters. The minimum Gasteiger partial charge on any atom is -0.370 e. The van der Waals surface area contributed by atoms with E-state index in [0.717, 1.165) is 16.5 Å². The van der Waals surface area contributed by atoms with Gasteiger partial charge < -0.3 is 102 Å². The highest BCUT2D eigenvalue weighted by Gasteiger charge is 2.44. The number of nitrogens with zero attached hydrogens (tertiary/aromatic N) is 5. The summed E-state index contributed by atoms with van der Waals surface area (Å²) in [5.41, 5.74) is 42.8. The van der Waals surface area contributed by atoms with Gasteiger partial charge in [0.2, 0.25) is 65.0 Å². The number of aromatic nitrogens is 3. The average Bonchev–Trinajstić information content (AvgIpc) is 1.61. The summed E-state index contributed by atoms with van der Waals surface area (Å²) in [7, 11) is 0. The van der Waals surface area contributed by atoms with Crippen LogP contribution in [0.25, 0.3) is 10.9 Å². The number of para-hydroxylation sites is 1. The van der Waals surface area contributed by atoms with Crippen LogP contribution in [0.1, 0.15) is 120 Å². The van der Waals surface area contributed by atoms with Crippen molar-refractivity contribution in [3.63, 3.8) is 0 Å². The Kier molecular flexibility index (Phi) is 31.5. The molecule has 3 aliphatic rings. The Balaban J connectivity index is 1.12. The maximum atomic E-state index is 14.9. The van der Waals surface area contributed by atoms with Crippen LogP contribution in [-0.2, 0) is 65.6 Å². The summed E-state index contributed by atoms with van der Waals surface area (Å²) in [4.78, 5) is 173. The third-order valence-corrected chi connectivity index (χ3v) is 18.2. The van der Waals surface area contributed by atoms with Crippen LogP contribution < -0.4 is 77.4 Å². The zero-order valence-electron chi connectivity index (χ0n) is 54.4. The van der Waals surface area contributed by atoms with Crippen molar-refractivity contribution >= 4 is 107 Å². The minimum atomic E-state index is -1.30. The second-order valence-electron chi connectivity index (χ2n) is 24.5. The third-order valence-electron chi connectivity index (χ3n) is 17.5. The molecule has 32 nitrogen and oxygen atoms in total. The monoisotopic (exact) mass is 1380 g/mol. The first-order valence-electron chi connectivity index (χ1n) is 33.1. The summed E-state index contributed by atoms with van der Waals surface area (Å²) in [5.74, 6) is -7.83. The van der Waals surface area contributed by atoms with Gasteiger partial charge in [-0.2, -0.15) is 25.3 Å². The quantitative estimate of drug-likeness (QED) is 0.0112. The van der Waals surface area contributed by atoms with Crippen LogP contribution >= 0.6 is 25.3 Å². The molecule has 6 rings (SSSR count). The number of unbranched alkanes of at least 4 members (excludes halogenated alkanes) is 3. The Morgan fingerprint density at radius 3 is 1.41 bits per heavy atom. The summed E-state index contributed by atoms with van der Waals surface area (Å²) >= 11 is 8.63. The zero-order chi connectivity index (χ0) is 69.8. The molecule has 34 heteroatoms. The number of likely N-dealkylation sites (tertiary alicyclic amines) is 3. The van der Waals surface area contributed by atoms with Crippen molar-refractivity contribution in [3.8, 4) is 0 Å². The Hall–Kier alpha value is -8.05. The molecule has 5 heterocycles. The molecule has 0 aliphatic carbocycles. The highest BCUT2D eigenvalue weighted by Crippen LogP contribution is 2.26. The fourth-order valence-electron chi connectivity index (χ4n) is 12.3. The number of thiol groups is 2. The van der Waals surface area contributed by atoms with E-state index in [9.17, 15) is 52.7 Å². The Labute approximate surface area is 569 Å². The van der Waals surface area contributed by atoms with Gasteiger partial charge in [-0.3, -0.25) is 57.7 Å². The number of hydrogen-bond acceptors (Lipinski definition) is 19. The number of aliphatic imine (C=N–C) groups is 1. The molecule has 2 aromatic heterocycles. The number of H-pyrrole nitrogens is 2. The van der Waals surface area contributed by atoms with Crippen molar-refractivity contribution in [2.75, 3.05) is 57.3 Å². The summed E-state index contributed by atoms with van der Waals surface area (Å²) in [6, 6.07) is -5.08. The van der Waals surface area contributed by atoms with Crippen molar-refractivity contribution < 1.29 is 52.7 Å². The second-order valence-corrected chi connectivity index (χ2v) is 25.2. The lowest BCUT2D eigenvalue weighted by Crippen LogP contribution is -2.60. The highest BCUT2D eigenvalue weighted by atomic mass is 32.1. The predicted molar refractivity (Wildman–Crippen MR) is 366 cm³/mol. The summed E-state index contributed by atoms with van der Waals surface area (Å²) in [5, 5.41) is 20.1. The van der Waals surface area contributed by atoms with E-state index >= 15 is 0 Å². The number of fused-ring (bicyclic) bond motifs is 1. The largest absolute Gasteiger partial charge is 0.370 e. The fourth-order valence-corrected chi connectivity index (χ4v) is 12.8. The van der Waals surface area contributed by atoms with E-state index in [1.165, 1.54) is 27.2 Å². The van der Waals surface area contributed by atoms with Crippen molar-refractivity contribution in [2.45, 2.75) is 188 Å². The van der Waals surface area contributed by atoms with Crippen molar-refractivity contribution in [3.05, 3.63) is 54.2 Å². The van der Waals surface area contributed by atoms with Gasteiger partial charge in [0, 0.05) is 73.1 Å². The Morgan fingerprint density at radius 1 is 0.531 bits per heavy atom. The predicted octanol–water partition coefficient (Wildman–Crippen LogP) is -3.84. The van der Waals surface area contributed by atoms with Crippen molar-refractivity contribution in [1.29, 1.82) is 0 Å². The number of benzene rings is 1. The third kappa shape index (κ3) is 22.3. The number of rotatable bonds is 40. The van der Waals surface area contributed by atoms with E-state index in [4.69, 9.17) is 40.1 Å². The summed E-state index contributed by atoms with van der Waals surface area (Å²) in [6.45, 7) is 1.40. The first-order valence-corrected chi connectivity index (χ1v) is 34.4. The topological polar surface area (TPSA) is 521 Å². The standard InChI is InChI=1S/C62H99N21O11S2/c63-22-6-3-15-42(75-54(87)46(33-95)79-52(85)39(66)29-36-31-72-40-14-2-1-13-38(36)40)59(92)82-27-11-20-49(82)57(90)77-44(17-5-8-24-65)61(94)83-28-12-21-50(83)58(91)76-43(16-4-7-23-64)60(93)81-26-10-19-48(81)56(89)74-41(18-9-25-71-62(68)69)53(86)80-47(34-96)55(88)78-45(51(67)84)30-37-32-70-35-73-37/h1-2,13-14,31-32,35,39,41-50,72,95-96H,3-12,15-30,33-34,63-66H2,(H2,67,84)(H,70,73)(H,74,89)(H,75,87)(H,76,91)(H,77,90)(H,78,88)(H,79,85)(H,80,86)(H4,68,69,71)/t39-,41-,42-,43-,44-,45-,46-,47-,48-,49-,50-/m0/s1. The Bertz CT molecular complexity index is 3130. The number of guanidine groups is 1. The van der Waals surface area contributed by atoms with Gasteiger partial charge in [-0.05, 0) is 147 Å². The number of carbonyl (C=O) groups excluding carboxylic acids is 11. The number of aromatic amines is 2. The van der Waals surface area contributed by atoms with Gasteiger partial charge in [-0.1, -0.05) is 18.2 Å². The minimum absolute atomic E-state index is 0.0171. The van der Waals surface area contributed by atoms with Crippen molar-refractivity contribution in [2.24, 2.45) is 45.1 Å². The van der Waals surface area contributed by atoms with Gasteiger partial charge in [-0.15, -0.1) is 0 Å². The molecule has 0 bridgehead atoms. The number of imidazole rings is 1. The molecule has 3 aliphatic heterocycles. The van der Waals surface area contributed by atoms with E-state index in [2.05, 4.69) is 82.4 Å². The van der Waals surface area contributed by atoms with E-state index < -0.39 is 131 Å². The lowest BCUT2D eigenvalue weighted by atomic mass is 10.0. The fraction of sp³-hybridized carbons (Fsp3) is 0.629. The molecular formula is C62H99N21O11S2. The van der Waals surface area contributed by atoms with Gasteiger partial charge >= 0.3 is 0 Å². The van der Waals surface area contributed by atoms with E-state index in [1.54, 1.807) is 6.20 Å². The first kappa shape index (κ1) is 77.0. The van der Waals surface area contributed by atoms with Gasteiger partial charge in [0.1, 0.15) is 60.4 Å². The smallest absolute Gasteiger partial charge is 0.245 e. The maximum Gasteiger partial charge on any atom is 0.245 e. The van der Waals surface area contributed by atoms with Crippen LogP contribution in [0.15, 0.2) is 48.0 Å². The number of nitrogens with two attached hydrogens (primary N) is 7. The zero-order valence-corrected chi connectivity index (χ0v) is 56.1. The van der Waals surface area contributed by atoms with E-state index in [-0.39, 0.29) is 114 Å². The molecule has 530 valence electrons. The van der Waals surface area contributed by atoms with Crippen LogP contribution in [0.3, 0.4) is 0 Å². The highest BCUT2D eigenvalue weighted by molar-refractivity contribution is 7.80. The second kappa shape index (κ2) is 39.2. The SMILES string of the molecule is NCCCC[C@H](NC(=O)[C@H](CS)NC(=O)[C@@H](N)Cc1c[nH]c2ccccc12)C(=O)N1CCC[C@H]1C(=O)N[C@@H](CCCCN)C(=O)N1CCC[C@H]1C(=O)N[C@@H](CCCCN)C(=O)N1CCC[C@H]1C(=O)N[C@@H](CCCN=C(N)N)C(=O)N[C@@H](CS)C(=O)N[C@@H](Cc1cnc[nH]1)C(N)=O. The molecule has 0 saturated carbocycles. The Morgan fingerprint density at radius 2 is 0.958 bits per heavy atom. The first-order chi connectivity index (χ1) is 46.1. The van der Waals surface area contributed by atoms with Crippen LogP contribution in [0.5, 0.6) is 0 Å². The van der Waals surface area contributed by atoms with Gasteiger partial charge in [-0.25, -0.2) is 4.98 Å². The summed E-state index contributed by atoms with van der Waals surface area (Å²) < 4.78 is 0. The molecule has 0 spiro atoms. The number of nitrogens with one attached hydrogen (secondary N) is 9. The van der Waals surface area contributed by atoms with Crippen LogP contribution in [0, 0.1) is 0 Å². The molecule has 1 aromatic carbocycles. The number of carbonyl (C=O) groups is 11. The normalized spacial score (nSPS) is 18.6. The van der Waals surface area contributed by atoms with E-state index in [0.29, 0.717) is 76.6 Å². The van der Waals surface area contributed by atoms with E-state index in [1.807, 2.05) is 24.3 Å². The van der Waals surface area contributed by atoms with Crippen molar-refractivity contribution in [1.82, 2.24) is 66.9 Å². The molecule has 23 N–H and O–H groups in total. The van der Waals surface area contributed by atoms with Gasteiger partial charge in [0.25, 0.3) is 0 Å². The molecule has 96 heavy (non-hydrogen) atoms. The number of amides is 11. The summed E-state index contributed by atoms with van der Waals surface area (Å²) in [6.07, 6.45) is 10.1. The van der Waals surface area contributed by atoms with Crippen LogP contribution in [-0.4, -0.2) is 224 Å². The van der Waals surface area contributed by atoms with Crippen LogP contribution in [0.4, 0.5) is 0 Å². The van der Waals surface area contributed by atoms with Gasteiger partial charge in [0.05, 0.1) is 12.4 Å². The molecular weight excluding hydrogens is 1280 g/mol. The average molecular weight is 1380 g/mol. The molecule has 0 radical (unpaired) electrons. The number of hydrogen-bond donors (Lipinski definition) is 18. The molecule has 3 aromatic rings. The molecule has 3 saturated heterocycles. The lowest BCUT2D eigenvalue weighted by molar-refractivity contribution is -0.145. The molecule has 3 fully saturated rings. The lowest BCUT2D eigenvalue weighted by Gasteiger charge is -2.33. The van der Waals surface area contributed by atoms with Gasteiger partial charge in [0.15, 0.2) is 5.96 Å². The molecule has 11 atom stereocenters.